The van der Waals surface area contributed by atoms with Gasteiger partial charge in [-0.15, -0.1) is 0 Å². The molecule has 0 amide bonds. The third-order valence-electron chi connectivity index (χ3n) is 6.13. The highest BCUT2D eigenvalue weighted by Crippen LogP contribution is 2.19. The molecule has 188 valence electrons. The number of carboxylic acid groups (broad SMARTS) is 1. The zero-order valence-electron chi connectivity index (χ0n) is 21.6. The summed E-state index contributed by atoms with van der Waals surface area (Å²) in [6.07, 6.45) is 25.7. The molecule has 0 radical (unpaired) electrons. The average molecular weight is 443 g/mol. The largest absolute Gasteiger partial charge is 0.481 e. The van der Waals surface area contributed by atoms with Crippen LogP contribution in [0, 0.1) is 0 Å². The summed E-state index contributed by atoms with van der Waals surface area (Å²) in [5.74, 6) is -0.653. The number of aliphatic carboxylic acids is 1. The lowest BCUT2D eigenvalue weighted by Crippen LogP contribution is -2.41. The Bertz CT molecular complexity index is 344. The van der Waals surface area contributed by atoms with E-state index in [9.17, 15) is 4.79 Å². The minimum atomic E-state index is -0.653. The fourth-order valence-electron chi connectivity index (χ4n) is 4.31. The van der Waals surface area contributed by atoms with Gasteiger partial charge in [-0.1, -0.05) is 124 Å². The molecule has 0 aliphatic heterocycles. The van der Waals surface area contributed by atoms with Crippen LogP contribution in [0.3, 0.4) is 0 Å². The fourth-order valence-corrected chi connectivity index (χ4v) is 4.31. The first-order chi connectivity index (χ1) is 15.0. The van der Waals surface area contributed by atoms with E-state index in [0.717, 1.165) is 51.5 Å². The molecule has 0 aromatic heterocycles. The molecule has 5 N–H and O–H groups in total. The Labute approximate surface area is 195 Å². The lowest BCUT2D eigenvalue weighted by molar-refractivity contribution is -0.137. The maximum absolute atomic E-state index is 10.3. The normalized spacial score (nSPS) is 11.3. The number of hydrogen-bond acceptors (Lipinski definition) is 3. The Hall–Kier alpha value is -0.610. The summed E-state index contributed by atoms with van der Waals surface area (Å²) < 4.78 is 0. The highest BCUT2D eigenvalue weighted by Gasteiger charge is 2.21. The molecular weight excluding hydrogens is 384 g/mol. The van der Waals surface area contributed by atoms with Crippen molar-refractivity contribution in [3.05, 3.63) is 0 Å². The SMILES string of the molecule is CCCC(N)(CCC)CCN.CCCCCCCCCCCCCCCCCC(=O)O. The van der Waals surface area contributed by atoms with Crippen LogP contribution in [-0.4, -0.2) is 23.2 Å². The summed E-state index contributed by atoms with van der Waals surface area (Å²) in [6.45, 7) is 7.34. The summed E-state index contributed by atoms with van der Waals surface area (Å²) in [5, 5.41) is 8.52. The molecule has 0 fully saturated rings. The summed E-state index contributed by atoms with van der Waals surface area (Å²) in [4.78, 5) is 10.3. The molecule has 31 heavy (non-hydrogen) atoms. The van der Waals surface area contributed by atoms with Gasteiger partial charge in [0.2, 0.25) is 0 Å². The molecule has 0 aromatic carbocycles. The highest BCUT2D eigenvalue weighted by molar-refractivity contribution is 5.66. The van der Waals surface area contributed by atoms with Crippen LogP contribution >= 0.6 is 0 Å². The molecule has 0 aromatic rings. The van der Waals surface area contributed by atoms with Crippen molar-refractivity contribution in [2.75, 3.05) is 6.54 Å². The van der Waals surface area contributed by atoms with Gasteiger partial charge in [0, 0.05) is 12.0 Å². The molecule has 0 rings (SSSR count). The number of carboxylic acids is 1. The lowest BCUT2D eigenvalue weighted by Gasteiger charge is -2.28. The summed E-state index contributed by atoms with van der Waals surface area (Å²) in [7, 11) is 0. The molecule has 4 heteroatoms. The Morgan fingerprint density at radius 1 is 0.613 bits per heavy atom. The molecule has 0 saturated carbocycles. The van der Waals surface area contributed by atoms with Gasteiger partial charge in [-0.05, 0) is 32.2 Å². The number of hydrogen-bond donors (Lipinski definition) is 3. The van der Waals surface area contributed by atoms with E-state index in [1.807, 2.05) is 0 Å². The molecule has 4 nitrogen and oxygen atoms in total. The van der Waals surface area contributed by atoms with E-state index in [4.69, 9.17) is 16.6 Å². The van der Waals surface area contributed by atoms with E-state index >= 15 is 0 Å². The van der Waals surface area contributed by atoms with Gasteiger partial charge >= 0.3 is 5.97 Å². The predicted molar refractivity (Wildman–Crippen MR) is 138 cm³/mol. The topological polar surface area (TPSA) is 89.3 Å². The summed E-state index contributed by atoms with van der Waals surface area (Å²) in [5.41, 5.74) is 11.7. The van der Waals surface area contributed by atoms with E-state index in [1.54, 1.807) is 0 Å². The third kappa shape index (κ3) is 27.4. The van der Waals surface area contributed by atoms with Crippen molar-refractivity contribution in [2.24, 2.45) is 11.5 Å². The van der Waals surface area contributed by atoms with Crippen LogP contribution in [0.2, 0.25) is 0 Å². The van der Waals surface area contributed by atoms with Gasteiger partial charge in [-0.3, -0.25) is 4.79 Å². The first-order valence-corrected chi connectivity index (χ1v) is 13.7. The van der Waals surface area contributed by atoms with Crippen LogP contribution in [0.1, 0.15) is 156 Å². The Morgan fingerprint density at radius 3 is 1.26 bits per heavy atom. The van der Waals surface area contributed by atoms with Crippen molar-refractivity contribution in [3.63, 3.8) is 0 Å². The standard InChI is InChI=1S/C18H36O2.C9H22N2/c1-2-3-4-5-6-7-8-9-10-11-12-13-14-15-16-17-18(19)20;1-3-5-9(11,6-4-2)7-8-10/h2-17H2,1H3,(H,19,20);3-8,10-11H2,1-2H3. The van der Waals surface area contributed by atoms with E-state index < -0.39 is 5.97 Å². The van der Waals surface area contributed by atoms with Crippen LogP contribution in [0.15, 0.2) is 0 Å². The van der Waals surface area contributed by atoms with E-state index in [1.165, 1.54) is 83.5 Å². The lowest BCUT2D eigenvalue weighted by atomic mass is 9.87. The van der Waals surface area contributed by atoms with Crippen molar-refractivity contribution < 1.29 is 9.90 Å². The average Bonchev–Trinajstić information content (AvgIpc) is 2.71. The zero-order chi connectivity index (χ0) is 23.6. The van der Waals surface area contributed by atoms with Gasteiger partial charge in [0.05, 0.1) is 0 Å². The monoisotopic (exact) mass is 442 g/mol. The van der Waals surface area contributed by atoms with Crippen LogP contribution in [0.5, 0.6) is 0 Å². The molecule has 0 unspecified atom stereocenters. The Kier molecular flexibility index (Phi) is 26.9. The third-order valence-corrected chi connectivity index (χ3v) is 6.13. The van der Waals surface area contributed by atoms with Gasteiger partial charge in [-0.25, -0.2) is 0 Å². The van der Waals surface area contributed by atoms with E-state index in [0.29, 0.717) is 6.42 Å². The minimum absolute atomic E-state index is 0.0260. The maximum Gasteiger partial charge on any atom is 0.303 e. The molecule has 0 aliphatic carbocycles. The smallest absolute Gasteiger partial charge is 0.303 e. The second-order valence-electron chi connectivity index (χ2n) is 9.49. The first-order valence-electron chi connectivity index (χ1n) is 13.7. The predicted octanol–water partition coefficient (Wildman–Crippen LogP) is 7.97. The quantitative estimate of drug-likeness (QED) is 0.148. The molecule has 0 atom stereocenters. The van der Waals surface area contributed by atoms with E-state index in [2.05, 4.69) is 20.8 Å². The van der Waals surface area contributed by atoms with Gasteiger partial charge in [0.25, 0.3) is 0 Å². The number of carbonyl (C=O) groups is 1. The maximum atomic E-state index is 10.3. The molecular formula is C27H58N2O2. The first kappa shape index (κ1) is 32.6. The summed E-state index contributed by atoms with van der Waals surface area (Å²) >= 11 is 0. The van der Waals surface area contributed by atoms with Gasteiger partial charge < -0.3 is 16.6 Å². The second-order valence-corrected chi connectivity index (χ2v) is 9.49. The summed E-state index contributed by atoms with van der Waals surface area (Å²) in [6, 6.07) is 0. The highest BCUT2D eigenvalue weighted by atomic mass is 16.4. The molecule has 0 aliphatic rings. The van der Waals surface area contributed by atoms with Crippen molar-refractivity contribution in [1.29, 1.82) is 0 Å². The number of nitrogens with two attached hydrogens (primary N) is 2. The fraction of sp³-hybridized carbons (Fsp3) is 0.963. The molecule has 0 bridgehead atoms. The van der Waals surface area contributed by atoms with Crippen molar-refractivity contribution in [1.82, 2.24) is 0 Å². The van der Waals surface area contributed by atoms with Crippen LogP contribution in [0.25, 0.3) is 0 Å². The van der Waals surface area contributed by atoms with Crippen molar-refractivity contribution in [3.8, 4) is 0 Å². The number of unbranched alkanes of at least 4 members (excludes halogenated alkanes) is 14. The molecule has 0 heterocycles. The van der Waals surface area contributed by atoms with Crippen LogP contribution in [-0.2, 0) is 4.79 Å². The zero-order valence-corrected chi connectivity index (χ0v) is 21.6. The molecule has 0 saturated heterocycles. The van der Waals surface area contributed by atoms with Gasteiger partial charge in [0.15, 0.2) is 0 Å². The Morgan fingerprint density at radius 2 is 0.968 bits per heavy atom. The van der Waals surface area contributed by atoms with Gasteiger partial charge in [-0.2, -0.15) is 0 Å². The minimum Gasteiger partial charge on any atom is -0.481 e. The van der Waals surface area contributed by atoms with E-state index in [-0.39, 0.29) is 5.54 Å². The number of rotatable bonds is 22. The molecule has 0 spiro atoms. The second kappa shape index (κ2) is 25.6. The van der Waals surface area contributed by atoms with Crippen molar-refractivity contribution in [2.45, 2.75) is 161 Å². The van der Waals surface area contributed by atoms with Crippen LogP contribution < -0.4 is 11.5 Å². The van der Waals surface area contributed by atoms with Crippen molar-refractivity contribution >= 4 is 5.97 Å². The van der Waals surface area contributed by atoms with Gasteiger partial charge in [0.1, 0.15) is 0 Å². The Balaban J connectivity index is 0. The van der Waals surface area contributed by atoms with Crippen LogP contribution in [0.4, 0.5) is 0 Å².